The Labute approximate surface area is 227 Å². The molecule has 0 spiro atoms. The van der Waals surface area contributed by atoms with Crippen LogP contribution in [0.5, 0.6) is 11.5 Å². The van der Waals surface area contributed by atoms with Crippen LogP contribution in [-0.4, -0.2) is 21.9 Å². The number of aromatic nitrogens is 2. The predicted molar refractivity (Wildman–Crippen MR) is 146 cm³/mol. The summed E-state index contributed by atoms with van der Waals surface area (Å²) in [4.78, 5) is 57.7. The van der Waals surface area contributed by atoms with Gasteiger partial charge in [0.25, 0.3) is 0 Å². The summed E-state index contributed by atoms with van der Waals surface area (Å²) >= 11 is 0. The highest BCUT2D eigenvalue weighted by Crippen LogP contribution is 2.26. The Kier molecular flexibility index (Phi) is 7.50. The van der Waals surface area contributed by atoms with E-state index in [1.807, 2.05) is 13.8 Å². The molecule has 0 atom stereocenters. The summed E-state index contributed by atoms with van der Waals surface area (Å²) in [6, 6.07) is 15.6. The second-order valence-corrected chi connectivity index (χ2v) is 9.00. The van der Waals surface area contributed by atoms with Gasteiger partial charge in [-0.1, -0.05) is 13.8 Å². The Balaban J connectivity index is 1.45. The minimum Gasteiger partial charge on any atom is -0.426 e. The molecule has 0 N–H and O–H groups in total. The van der Waals surface area contributed by atoms with Crippen LogP contribution in [0.3, 0.4) is 0 Å². The molecule has 10 heteroatoms. The zero-order valence-corrected chi connectivity index (χ0v) is 21.8. The van der Waals surface area contributed by atoms with Crippen LogP contribution in [0.25, 0.3) is 44.7 Å². The van der Waals surface area contributed by atoms with Crippen molar-refractivity contribution < 1.29 is 27.9 Å². The fraction of sp³-hybridized carbons (Fsp3) is 0.200. The lowest BCUT2D eigenvalue weighted by molar-refractivity contribution is -0.135. The number of fused-ring (bicyclic) bond motifs is 2. The third kappa shape index (κ3) is 5.65. The molecule has 0 unspecified atom stereocenters. The number of ether oxygens (including phenoxy) is 2. The van der Waals surface area contributed by atoms with Crippen LogP contribution < -0.4 is 20.7 Å². The van der Waals surface area contributed by atoms with Crippen LogP contribution >= 0.6 is 0 Å². The molecule has 0 radical (unpaired) electrons. The molecule has 2 heterocycles. The van der Waals surface area contributed by atoms with Gasteiger partial charge in [0.2, 0.25) is 11.8 Å². The van der Waals surface area contributed by atoms with Crippen LogP contribution in [0.1, 0.15) is 39.5 Å². The van der Waals surface area contributed by atoms with Crippen LogP contribution in [0.2, 0.25) is 0 Å². The summed E-state index contributed by atoms with van der Waals surface area (Å²) in [6.07, 6.45) is 1.86. The molecule has 0 amide bonds. The zero-order valence-electron chi connectivity index (χ0n) is 21.8. The molecule has 0 fully saturated rings. The van der Waals surface area contributed by atoms with Crippen molar-refractivity contribution in [3.63, 3.8) is 0 Å². The molecule has 10 nitrogen and oxygen atoms in total. The lowest BCUT2D eigenvalue weighted by Crippen LogP contribution is -2.08. The van der Waals surface area contributed by atoms with Crippen LogP contribution in [0.4, 0.5) is 0 Å². The van der Waals surface area contributed by atoms with Crippen LogP contribution in [0, 0.1) is 0 Å². The van der Waals surface area contributed by atoms with Gasteiger partial charge in [-0.05, 0) is 61.4 Å². The van der Waals surface area contributed by atoms with Gasteiger partial charge in [-0.25, -0.2) is 19.6 Å². The van der Waals surface area contributed by atoms with Gasteiger partial charge in [0.1, 0.15) is 11.5 Å². The molecule has 0 saturated carbocycles. The monoisotopic (exact) mass is 540 g/mol. The third-order valence-electron chi connectivity index (χ3n) is 5.95. The maximum absolute atomic E-state index is 12.6. The van der Waals surface area contributed by atoms with E-state index in [1.54, 1.807) is 24.3 Å². The standard InChI is InChI=1S/C30H24N2O8/c1-3-5-25(33)37-19-11-13-21-23(15-19)31-27(39-29(21)35)17-7-9-18(10-8-17)28-32-24-16-20(38-26(34)6-4-2)12-14-22(24)30(36)40-28/h7-16H,3-6H2,1-2H3. The maximum atomic E-state index is 12.6. The molecule has 40 heavy (non-hydrogen) atoms. The van der Waals surface area contributed by atoms with Gasteiger partial charge in [0.15, 0.2) is 0 Å². The van der Waals surface area contributed by atoms with Crippen molar-refractivity contribution in [1.29, 1.82) is 0 Å². The number of benzene rings is 3. The van der Waals surface area contributed by atoms with Crippen molar-refractivity contribution in [1.82, 2.24) is 9.97 Å². The van der Waals surface area contributed by atoms with Crippen LogP contribution in [0.15, 0.2) is 79.1 Å². The number of rotatable bonds is 8. The molecule has 0 saturated heterocycles. The predicted octanol–water partition coefficient (Wildman–Crippen LogP) is 5.43. The first kappa shape index (κ1) is 26.5. The molecular weight excluding hydrogens is 516 g/mol. The zero-order chi connectivity index (χ0) is 28.2. The fourth-order valence-corrected chi connectivity index (χ4v) is 4.01. The van der Waals surface area contributed by atoms with Gasteiger partial charge in [-0.2, -0.15) is 0 Å². The Morgan fingerprint density at radius 2 is 1.05 bits per heavy atom. The molecule has 5 aromatic rings. The summed E-state index contributed by atoms with van der Waals surface area (Å²) in [5.74, 6) is -0.0520. The second-order valence-electron chi connectivity index (χ2n) is 9.00. The minimum absolute atomic E-state index is 0.0625. The number of carbonyl (C=O) groups excluding carboxylic acids is 2. The third-order valence-corrected chi connectivity index (χ3v) is 5.95. The number of carbonyl (C=O) groups is 2. The van der Waals surface area contributed by atoms with Crippen LogP contribution in [-0.2, 0) is 9.59 Å². The fourth-order valence-electron chi connectivity index (χ4n) is 4.01. The summed E-state index contributed by atoms with van der Waals surface area (Å²) in [6.45, 7) is 3.75. The highest BCUT2D eigenvalue weighted by Gasteiger charge is 2.14. The molecular formula is C30H24N2O8. The van der Waals surface area contributed by atoms with Crippen molar-refractivity contribution >= 4 is 33.7 Å². The Morgan fingerprint density at radius 1 is 0.650 bits per heavy atom. The Hall–Kier alpha value is -5.12. The molecule has 0 bridgehead atoms. The molecule has 3 aromatic carbocycles. The van der Waals surface area contributed by atoms with E-state index in [4.69, 9.17) is 18.3 Å². The Bertz CT molecular complexity index is 1720. The number of nitrogens with zero attached hydrogens (tertiary/aromatic N) is 2. The largest absolute Gasteiger partial charge is 0.426 e. The lowest BCUT2D eigenvalue weighted by atomic mass is 10.1. The van der Waals surface area contributed by atoms with Crippen molar-refractivity contribution in [3.8, 4) is 34.4 Å². The number of hydrogen-bond donors (Lipinski definition) is 0. The summed E-state index contributed by atoms with van der Waals surface area (Å²) < 4.78 is 21.5. The van der Waals surface area contributed by atoms with Gasteiger partial charge in [0, 0.05) is 36.1 Å². The number of hydrogen-bond acceptors (Lipinski definition) is 10. The molecule has 5 rings (SSSR count). The van der Waals surface area contributed by atoms with Gasteiger partial charge in [-0.15, -0.1) is 0 Å². The Morgan fingerprint density at radius 3 is 1.43 bits per heavy atom. The van der Waals surface area contributed by atoms with E-state index in [-0.39, 0.29) is 58.8 Å². The molecule has 2 aromatic heterocycles. The first-order valence-electron chi connectivity index (χ1n) is 12.8. The van der Waals surface area contributed by atoms with Gasteiger partial charge < -0.3 is 18.3 Å². The lowest BCUT2D eigenvalue weighted by Gasteiger charge is -2.07. The van der Waals surface area contributed by atoms with E-state index in [2.05, 4.69) is 9.97 Å². The average Bonchev–Trinajstić information content (AvgIpc) is 2.93. The highest BCUT2D eigenvalue weighted by molar-refractivity contribution is 5.83. The maximum Gasteiger partial charge on any atom is 0.347 e. The van der Waals surface area contributed by atoms with E-state index in [0.29, 0.717) is 35.0 Å². The molecule has 202 valence electrons. The van der Waals surface area contributed by atoms with Crippen molar-refractivity contribution in [2.45, 2.75) is 39.5 Å². The van der Waals surface area contributed by atoms with Gasteiger partial charge in [-0.3, -0.25) is 9.59 Å². The second kappa shape index (κ2) is 11.3. The summed E-state index contributed by atoms with van der Waals surface area (Å²) in [5.41, 5.74) is 0.430. The normalized spacial score (nSPS) is 11.1. The molecule has 0 aliphatic rings. The van der Waals surface area contributed by atoms with E-state index < -0.39 is 11.3 Å². The highest BCUT2D eigenvalue weighted by atomic mass is 16.5. The van der Waals surface area contributed by atoms with E-state index in [0.717, 1.165) is 0 Å². The first-order chi connectivity index (χ1) is 19.3. The van der Waals surface area contributed by atoms with Crippen molar-refractivity contribution in [2.75, 3.05) is 0 Å². The minimum atomic E-state index is -0.590. The van der Waals surface area contributed by atoms with Gasteiger partial charge in [0.05, 0.1) is 21.8 Å². The van der Waals surface area contributed by atoms with Gasteiger partial charge >= 0.3 is 23.2 Å². The molecule has 0 aliphatic carbocycles. The van der Waals surface area contributed by atoms with E-state index in [1.165, 1.54) is 36.4 Å². The SMILES string of the molecule is CCCC(=O)Oc1ccc2c(=O)oc(-c3ccc(-c4nc5cc(OC(=O)CCC)ccc5c(=O)o4)cc3)nc2c1. The summed E-state index contributed by atoms with van der Waals surface area (Å²) in [7, 11) is 0. The van der Waals surface area contributed by atoms with Crippen molar-refractivity contribution in [3.05, 3.63) is 81.5 Å². The molecule has 0 aliphatic heterocycles. The quantitative estimate of drug-likeness (QED) is 0.185. The van der Waals surface area contributed by atoms with E-state index in [9.17, 15) is 19.2 Å². The topological polar surface area (TPSA) is 139 Å². The average molecular weight is 541 g/mol. The van der Waals surface area contributed by atoms with Crippen molar-refractivity contribution in [2.24, 2.45) is 0 Å². The summed E-state index contributed by atoms with van der Waals surface area (Å²) in [5, 5.41) is 0.495. The van der Waals surface area contributed by atoms with E-state index >= 15 is 0 Å². The first-order valence-corrected chi connectivity index (χ1v) is 12.8. The smallest absolute Gasteiger partial charge is 0.347 e. The number of esters is 2.